The summed E-state index contributed by atoms with van der Waals surface area (Å²) in [4.78, 5) is 35.5. The minimum Gasteiger partial charge on any atom is -0.367 e. The number of carbonyl (C=O) groups is 1. The van der Waals surface area contributed by atoms with E-state index in [1.54, 1.807) is 15.4 Å². The smallest absolute Gasteiger partial charge is 0.265 e. The number of carbonyl (C=O) groups excluding carboxylic acids is 1. The van der Waals surface area contributed by atoms with E-state index >= 15 is 0 Å². The molecule has 1 saturated heterocycles. The Balaban J connectivity index is 1.19. The molecule has 36 heavy (non-hydrogen) atoms. The monoisotopic (exact) mass is 520 g/mol. The molecule has 2 aliphatic heterocycles. The van der Waals surface area contributed by atoms with Gasteiger partial charge in [0.05, 0.1) is 28.6 Å². The highest BCUT2D eigenvalue weighted by Gasteiger charge is 2.32. The maximum Gasteiger partial charge on any atom is 0.265 e. The second-order valence-electron chi connectivity index (χ2n) is 9.19. The Morgan fingerprint density at radius 1 is 1.11 bits per heavy atom. The molecule has 4 aromatic rings. The van der Waals surface area contributed by atoms with E-state index in [4.69, 9.17) is 16.6 Å². The van der Waals surface area contributed by atoms with Crippen molar-refractivity contribution < 1.29 is 4.79 Å². The molecule has 0 spiro atoms. The summed E-state index contributed by atoms with van der Waals surface area (Å²) in [5.74, 6) is 0.715. The first-order valence-corrected chi connectivity index (χ1v) is 13.3. The molecule has 0 radical (unpaired) electrons. The number of piperazine rings is 1. The number of anilines is 1. The van der Waals surface area contributed by atoms with Gasteiger partial charge in [0.15, 0.2) is 10.8 Å². The molecule has 4 heterocycles. The lowest BCUT2D eigenvalue weighted by Crippen LogP contribution is -2.49. The first-order valence-electron chi connectivity index (χ1n) is 12.0. The quantitative estimate of drug-likeness (QED) is 0.379. The molecule has 10 heteroatoms. The van der Waals surface area contributed by atoms with E-state index in [0.29, 0.717) is 35.0 Å². The highest BCUT2D eigenvalue weighted by Crippen LogP contribution is 2.34. The highest BCUT2D eigenvalue weighted by atomic mass is 35.5. The Morgan fingerprint density at radius 3 is 2.69 bits per heavy atom. The predicted octanol–water partition coefficient (Wildman–Crippen LogP) is 3.93. The topological polar surface area (TPSA) is 76.3 Å². The summed E-state index contributed by atoms with van der Waals surface area (Å²) in [5.41, 5.74) is 3.38. The van der Waals surface area contributed by atoms with E-state index in [9.17, 15) is 9.59 Å². The van der Waals surface area contributed by atoms with Crippen LogP contribution in [0.1, 0.15) is 18.0 Å². The number of rotatable bonds is 4. The Labute approximate surface area is 217 Å². The van der Waals surface area contributed by atoms with Crippen molar-refractivity contribution in [2.24, 2.45) is 0 Å². The highest BCUT2D eigenvalue weighted by molar-refractivity contribution is 7.99. The third-order valence-electron chi connectivity index (χ3n) is 6.85. The van der Waals surface area contributed by atoms with E-state index in [-0.39, 0.29) is 23.9 Å². The molecular weight excluding hydrogens is 496 g/mol. The summed E-state index contributed by atoms with van der Waals surface area (Å²) in [6.45, 7) is 4.74. The fourth-order valence-electron chi connectivity index (χ4n) is 4.97. The molecule has 1 amide bonds. The number of aryl methyl sites for hydroxylation is 1. The van der Waals surface area contributed by atoms with Crippen LogP contribution in [0.4, 0.5) is 5.69 Å². The Morgan fingerprint density at radius 2 is 1.92 bits per heavy atom. The van der Waals surface area contributed by atoms with Crippen molar-refractivity contribution in [2.45, 2.75) is 24.5 Å². The van der Waals surface area contributed by atoms with Crippen molar-refractivity contribution in [3.63, 3.8) is 0 Å². The minimum atomic E-state index is -0.217. The Kier molecular flexibility index (Phi) is 5.97. The normalized spacial score (nSPS) is 17.6. The van der Waals surface area contributed by atoms with Crippen molar-refractivity contribution >= 4 is 46.0 Å². The van der Waals surface area contributed by atoms with Crippen molar-refractivity contribution in [1.82, 2.24) is 24.2 Å². The Bertz CT molecular complexity index is 1520. The van der Waals surface area contributed by atoms with Crippen LogP contribution in [0.2, 0.25) is 5.02 Å². The number of thioether (sulfide) groups is 1. The number of benzene rings is 2. The van der Waals surface area contributed by atoms with Crippen molar-refractivity contribution in [3.05, 3.63) is 75.7 Å². The first kappa shape index (κ1) is 23.1. The van der Waals surface area contributed by atoms with Crippen molar-refractivity contribution in [3.8, 4) is 5.69 Å². The number of hydrogen-bond donors (Lipinski definition) is 0. The molecule has 1 unspecified atom stereocenters. The standard InChI is InChI=1S/C26H25ClN6O2S/c1-17-5-4-6-18(13-17)33-24-20(15-28-33)25(35)32-19(16-36-26(32)29-24)14-23(34)31-11-9-30(10-12-31)22-8-3-2-7-21(22)27/h2-8,13,15,19H,9-12,14,16H2,1H3. The van der Waals surface area contributed by atoms with E-state index < -0.39 is 0 Å². The maximum absolute atomic E-state index is 13.4. The molecule has 1 atom stereocenters. The zero-order valence-electron chi connectivity index (χ0n) is 19.8. The summed E-state index contributed by atoms with van der Waals surface area (Å²) < 4.78 is 3.40. The van der Waals surface area contributed by atoms with Gasteiger partial charge in [-0.05, 0) is 36.8 Å². The van der Waals surface area contributed by atoms with Crippen LogP contribution < -0.4 is 10.5 Å². The lowest BCUT2D eigenvalue weighted by molar-refractivity contribution is -0.132. The number of fused-ring (bicyclic) bond motifs is 2. The second kappa shape index (κ2) is 9.29. The van der Waals surface area contributed by atoms with Gasteiger partial charge in [0, 0.05) is 38.4 Å². The molecule has 0 N–H and O–H groups in total. The van der Waals surface area contributed by atoms with Crippen molar-refractivity contribution in [1.29, 1.82) is 0 Å². The molecule has 2 aromatic carbocycles. The van der Waals surface area contributed by atoms with Gasteiger partial charge in [-0.15, -0.1) is 0 Å². The summed E-state index contributed by atoms with van der Waals surface area (Å²) in [6, 6.07) is 15.5. The van der Waals surface area contributed by atoms with Crippen LogP contribution in [-0.4, -0.2) is 62.1 Å². The van der Waals surface area contributed by atoms with E-state index in [1.165, 1.54) is 11.8 Å². The minimum absolute atomic E-state index is 0.0645. The van der Waals surface area contributed by atoms with Crippen LogP contribution in [0, 0.1) is 6.92 Å². The molecule has 2 aliphatic rings. The van der Waals surface area contributed by atoms with Crippen LogP contribution in [0.25, 0.3) is 16.7 Å². The van der Waals surface area contributed by atoms with Gasteiger partial charge in [-0.1, -0.05) is 47.6 Å². The van der Waals surface area contributed by atoms with Crippen LogP contribution in [0.5, 0.6) is 0 Å². The average Bonchev–Trinajstić information content (AvgIpc) is 3.49. The van der Waals surface area contributed by atoms with Crippen LogP contribution in [0.15, 0.2) is 64.7 Å². The molecule has 0 bridgehead atoms. The van der Waals surface area contributed by atoms with E-state index in [1.807, 2.05) is 60.4 Å². The van der Waals surface area contributed by atoms with Gasteiger partial charge in [0.2, 0.25) is 5.91 Å². The van der Waals surface area contributed by atoms with Gasteiger partial charge in [0.25, 0.3) is 5.56 Å². The summed E-state index contributed by atoms with van der Waals surface area (Å²) in [7, 11) is 0. The van der Waals surface area contributed by atoms with Gasteiger partial charge in [0.1, 0.15) is 5.39 Å². The number of halogens is 1. The fourth-order valence-corrected chi connectivity index (χ4v) is 6.35. The lowest BCUT2D eigenvalue weighted by Gasteiger charge is -2.37. The SMILES string of the molecule is Cc1cccc(-n2ncc3c(=O)n4c(nc32)SCC4CC(=O)N2CCN(c3ccccc3Cl)CC2)c1. The summed E-state index contributed by atoms with van der Waals surface area (Å²) in [6.07, 6.45) is 1.86. The van der Waals surface area contributed by atoms with E-state index in [2.05, 4.69) is 10.00 Å². The molecule has 8 nitrogen and oxygen atoms in total. The third kappa shape index (κ3) is 4.06. The molecular formula is C26H25ClN6O2S. The van der Waals surface area contributed by atoms with Crippen LogP contribution >= 0.6 is 23.4 Å². The van der Waals surface area contributed by atoms with Crippen LogP contribution in [-0.2, 0) is 4.79 Å². The number of para-hydroxylation sites is 1. The lowest BCUT2D eigenvalue weighted by atomic mass is 10.1. The van der Waals surface area contributed by atoms with E-state index in [0.717, 1.165) is 35.1 Å². The second-order valence-corrected chi connectivity index (χ2v) is 10.6. The van der Waals surface area contributed by atoms with Crippen molar-refractivity contribution in [2.75, 3.05) is 36.8 Å². The number of amides is 1. The molecule has 0 saturated carbocycles. The summed E-state index contributed by atoms with van der Waals surface area (Å²) in [5, 5.41) is 6.28. The van der Waals surface area contributed by atoms with Gasteiger partial charge in [-0.25, -0.2) is 9.67 Å². The largest absolute Gasteiger partial charge is 0.367 e. The van der Waals surface area contributed by atoms with Gasteiger partial charge in [-0.2, -0.15) is 5.10 Å². The average molecular weight is 521 g/mol. The maximum atomic E-state index is 13.4. The zero-order chi connectivity index (χ0) is 24.8. The molecule has 1 fully saturated rings. The Hall–Kier alpha value is -3.30. The third-order valence-corrected chi connectivity index (χ3v) is 8.27. The molecule has 0 aliphatic carbocycles. The number of hydrogen-bond acceptors (Lipinski definition) is 6. The first-order chi connectivity index (χ1) is 17.5. The number of nitrogens with zero attached hydrogens (tertiary/aromatic N) is 6. The van der Waals surface area contributed by atoms with Crippen LogP contribution in [0.3, 0.4) is 0 Å². The zero-order valence-corrected chi connectivity index (χ0v) is 21.4. The number of aromatic nitrogens is 4. The molecule has 6 rings (SSSR count). The van der Waals surface area contributed by atoms with Gasteiger partial charge >= 0.3 is 0 Å². The molecule has 184 valence electrons. The fraction of sp³-hybridized carbons (Fsp3) is 0.308. The molecule has 2 aromatic heterocycles. The van der Waals surface area contributed by atoms with Gasteiger partial charge in [-0.3, -0.25) is 14.2 Å². The predicted molar refractivity (Wildman–Crippen MR) is 142 cm³/mol. The summed E-state index contributed by atoms with van der Waals surface area (Å²) >= 11 is 7.87. The van der Waals surface area contributed by atoms with Gasteiger partial charge < -0.3 is 9.80 Å².